The topological polar surface area (TPSA) is 68.3 Å². The largest absolute Gasteiger partial charge is 0.493 e. The molecule has 2 heterocycles. The van der Waals surface area contributed by atoms with Gasteiger partial charge in [-0.3, -0.25) is 9.59 Å². The lowest BCUT2D eigenvalue weighted by molar-refractivity contribution is -0.141. The molecular weight excluding hydrogens is 500 g/mol. The van der Waals surface area contributed by atoms with Crippen LogP contribution in [0.25, 0.3) is 0 Å². The van der Waals surface area contributed by atoms with Crippen LogP contribution >= 0.6 is 11.3 Å². The lowest BCUT2D eigenvalue weighted by Gasteiger charge is -2.29. The number of amides is 2. The molecule has 4 rings (SSSR count). The van der Waals surface area contributed by atoms with Crippen molar-refractivity contribution in [1.29, 1.82) is 0 Å². The average Bonchev–Trinajstić information content (AvgIpc) is 3.65. The van der Waals surface area contributed by atoms with Crippen molar-refractivity contribution in [2.75, 3.05) is 40.5 Å². The summed E-state index contributed by atoms with van der Waals surface area (Å²) in [6.45, 7) is 2.19. The Morgan fingerprint density at radius 3 is 2.45 bits per heavy atom. The smallest absolute Gasteiger partial charge is 0.242 e. The van der Waals surface area contributed by atoms with Gasteiger partial charge in [0.15, 0.2) is 11.5 Å². The number of benzene rings is 2. The molecule has 2 amide bonds. The lowest BCUT2D eigenvalue weighted by atomic mass is 10.1. The molecule has 0 radical (unpaired) electrons. The molecule has 0 bridgehead atoms. The third-order valence-corrected chi connectivity index (χ3v) is 7.58. The van der Waals surface area contributed by atoms with Gasteiger partial charge >= 0.3 is 0 Å². The first-order valence-corrected chi connectivity index (χ1v) is 13.9. The molecule has 0 aliphatic carbocycles. The van der Waals surface area contributed by atoms with Gasteiger partial charge in [0.1, 0.15) is 0 Å². The monoisotopic (exact) mass is 536 g/mol. The highest BCUT2D eigenvalue weighted by molar-refractivity contribution is 7.09. The van der Waals surface area contributed by atoms with Gasteiger partial charge in [0, 0.05) is 24.6 Å². The molecule has 7 nitrogen and oxygen atoms in total. The maximum absolute atomic E-state index is 13.7. The SMILES string of the molecule is COc1ccc(CCN(Cc2cccs2)C(=O)CN(CC2CCCO2)C(=O)Cc2ccccc2)cc1OC. The summed E-state index contributed by atoms with van der Waals surface area (Å²) in [5.74, 6) is 1.20. The quantitative estimate of drug-likeness (QED) is 0.320. The van der Waals surface area contributed by atoms with Crippen molar-refractivity contribution in [3.63, 3.8) is 0 Å². The van der Waals surface area contributed by atoms with Crippen LogP contribution in [0.2, 0.25) is 0 Å². The van der Waals surface area contributed by atoms with Crippen LogP contribution < -0.4 is 9.47 Å². The highest BCUT2D eigenvalue weighted by Crippen LogP contribution is 2.28. The predicted molar refractivity (Wildman–Crippen MR) is 149 cm³/mol. The number of carbonyl (C=O) groups excluding carboxylic acids is 2. The molecule has 202 valence electrons. The fourth-order valence-corrected chi connectivity index (χ4v) is 5.34. The van der Waals surface area contributed by atoms with E-state index in [1.807, 2.05) is 70.9 Å². The molecule has 38 heavy (non-hydrogen) atoms. The second kappa shape index (κ2) is 14.0. The van der Waals surface area contributed by atoms with Crippen LogP contribution in [0.5, 0.6) is 11.5 Å². The number of ether oxygens (including phenoxy) is 3. The summed E-state index contributed by atoms with van der Waals surface area (Å²) in [6.07, 6.45) is 2.77. The molecule has 1 aliphatic heterocycles. The molecule has 2 aromatic carbocycles. The first kappa shape index (κ1) is 27.7. The van der Waals surface area contributed by atoms with Gasteiger partial charge in [-0.1, -0.05) is 42.5 Å². The van der Waals surface area contributed by atoms with E-state index < -0.39 is 0 Å². The zero-order valence-corrected chi connectivity index (χ0v) is 23.0. The average molecular weight is 537 g/mol. The summed E-state index contributed by atoms with van der Waals surface area (Å²) in [7, 11) is 3.23. The Bertz CT molecular complexity index is 1160. The van der Waals surface area contributed by atoms with Crippen LogP contribution in [-0.2, 0) is 33.7 Å². The molecule has 0 saturated carbocycles. The van der Waals surface area contributed by atoms with Crippen LogP contribution in [-0.4, -0.2) is 68.2 Å². The molecular formula is C30H36N2O5S. The Hall–Kier alpha value is -3.36. The van der Waals surface area contributed by atoms with E-state index in [9.17, 15) is 9.59 Å². The summed E-state index contributed by atoms with van der Waals surface area (Å²) < 4.78 is 16.6. The van der Waals surface area contributed by atoms with E-state index >= 15 is 0 Å². The molecule has 1 unspecified atom stereocenters. The zero-order valence-electron chi connectivity index (χ0n) is 22.1. The first-order chi connectivity index (χ1) is 18.6. The van der Waals surface area contributed by atoms with Crippen LogP contribution in [0, 0.1) is 0 Å². The van der Waals surface area contributed by atoms with Crippen molar-refractivity contribution in [3.8, 4) is 11.5 Å². The van der Waals surface area contributed by atoms with Crippen LogP contribution in [0.4, 0.5) is 0 Å². The number of hydrogen-bond acceptors (Lipinski definition) is 6. The first-order valence-electron chi connectivity index (χ1n) is 13.0. The third kappa shape index (κ3) is 7.82. The van der Waals surface area contributed by atoms with Gasteiger partial charge in [0.25, 0.3) is 0 Å². The maximum atomic E-state index is 13.7. The Balaban J connectivity index is 1.48. The fourth-order valence-electron chi connectivity index (χ4n) is 4.62. The second-order valence-corrected chi connectivity index (χ2v) is 10.4. The molecule has 1 atom stereocenters. The van der Waals surface area contributed by atoms with Gasteiger partial charge in [0.2, 0.25) is 11.8 Å². The van der Waals surface area contributed by atoms with E-state index in [1.54, 1.807) is 30.5 Å². The number of thiophene rings is 1. The summed E-state index contributed by atoms with van der Waals surface area (Å²) >= 11 is 1.62. The normalized spacial score (nSPS) is 14.7. The van der Waals surface area contributed by atoms with E-state index in [1.165, 1.54) is 0 Å². The van der Waals surface area contributed by atoms with Crippen LogP contribution in [0.1, 0.15) is 28.8 Å². The Morgan fingerprint density at radius 2 is 1.76 bits per heavy atom. The molecule has 0 N–H and O–H groups in total. The predicted octanol–water partition coefficient (Wildman–Crippen LogP) is 4.59. The van der Waals surface area contributed by atoms with E-state index in [-0.39, 0.29) is 30.9 Å². The van der Waals surface area contributed by atoms with Crippen molar-refractivity contribution >= 4 is 23.2 Å². The highest BCUT2D eigenvalue weighted by Gasteiger charge is 2.26. The molecule has 8 heteroatoms. The number of carbonyl (C=O) groups is 2. The molecule has 0 spiro atoms. The minimum atomic E-state index is -0.0710. The zero-order chi connectivity index (χ0) is 26.7. The fraction of sp³-hybridized carbons (Fsp3) is 0.400. The summed E-state index contributed by atoms with van der Waals surface area (Å²) in [6, 6.07) is 19.5. The van der Waals surface area contributed by atoms with Gasteiger partial charge in [-0.05, 0) is 54.0 Å². The maximum Gasteiger partial charge on any atom is 0.242 e. The molecule has 1 saturated heterocycles. The third-order valence-electron chi connectivity index (χ3n) is 6.72. The highest BCUT2D eigenvalue weighted by atomic mass is 32.1. The Kier molecular flexibility index (Phi) is 10.2. The van der Waals surface area contributed by atoms with Gasteiger partial charge in [-0.15, -0.1) is 11.3 Å². The van der Waals surface area contributed by atoms with E-state index in [2.05, 4.69) is 0 Å². The Morgan fingerprint density at radius 1 is 0.947 bits per heavy atom. The van der Waals surface area contributed by atoms with E-state index in [0.29, 0.717) is 44.2 Å². The molecule has 3 aromatic rings. The van der Waals surface area contributed by atoms with Gasteiger partial charge in [0.05, 0.1) is 39.8 Å². The van der Waals surface area contributed by atoms with Gasteiger partial charge < -0.3 is 24.0 Å². The summed E-state index contributed by atoms with van der Waals surface area (Å²) in [5.41, 5.74) is 1.98. The van der Waals surface area contributed by atoms with Gasteiger partial charge in [-0.2, -0.15) is 0 Å². The van der Waals surface area contributed by atoms with Crippen molar-refractivity contribution in [2.24, 2.45) is 0 Å². The Labute approximate surface area is 228 Å². The lowest BCUT2D eigenvalue weighted by Crippen LogP contribution is -2.46. The van der Waals surface area contributed by atoms with Crippen molar-refractivity contribution < 1.29 is 23.8 Å². The summed E-state index contributed by atoms with van der Waals surface area (Å²) in [5, 5.41) is 2.01. The number of rotatable bonds is 13. The van der Waals surface area contributed by atoms with E-state index in [0.717, 1.165) is 28.8 Å². The van der Waals surface area contributed by atoms with Crippen LogP contribution in [0.3, 0.4) is 0 Å². The molecule has 1 aliphatic rings. The van der Waals surface area contributed by atoms with Crippen LogP contribution in [0.15, 0.2) is 66.0 Å². The van der Waals surface area contributed by atoms with Gasteiger partial charge in [-0.25, -0.2) is 0 Å². The minimum absolute atomic E-state index is 0.0277. The minimum Gasteiger partial charge on any atom is -0.493 e. The van der Waals surface area contributed by atoms with E-state index in [4.69, 9.17) is 14.2 Å². The molecule has 1 fully saturated rings. The van der Waals surface area contributed by atoms with Crippen molar-refractivity contribution in [3.05, 3.63) is 82.0 Å². The second-order valence-electron chi connectivity index (χ2n) is 9.41. The van der Waals surface area contributed by atoms with Crippen molar-refractivity contribution in [2.45, 2.75) is 38.3 Å². The standard InChI is InChI=1S/C30H36N2O5S/c1-35-27-13-12-24(18-28(27)36-2)14-15-31(21-26-11-7-17-38-26)30(34)22-32(20-25-10-6-16-37-25)29(33)19-23-8-4-3-5-9-23/h3-5,7-9,11-13,17-18,25H,6,10,14-16,19-22H2,1-2H3. The number of nitrogens with zero attached hydrogens (tertiary/aromatic N) is 2. The summed E-state index contributed by atoms with van der Waals surface area (Å²) in [4.78, 5) is 31.7. The number of hydrogen-bond donors (Lipinski definition) is 0. The molecule has 1 aromatic heterocycles. The number of methoxy groups -OCH3 is 2. The van der Waals surface area contributed by atoms with Crippen molar-refractivity contribution in [1.82, 2.24) is 9.80 Å².